The Labute approximate surface area is 112 Å². The first kappa shape index (κ1) is 15.0. The molecule has 0 saturated carbocycles. The van der Waals surface area contributed by atoms with E-state index in [0.717, 1.165) is 5.56 Å². The predicted molar refractivity (Wildman–Crippen MR) is 70.8 cm³/mol. The summed E-state index contributed by atoms with van der Waals surface area (Å²) in [5, 5.41) is 20.8. The van der Waals surface area contributed by atoms with Crippen molar-refractivity contribution in [3.8, 4) is 5.75 Å². The molecule has 1 aromatic rings. The molecule has 0 aromatic heterocycles. The number of phenolic OH excluding ortho intramolecular Hbond substituents is 1. The standard InChI is InChI=1S/C14H19NO4/c1-9(2)7-13(17)15-12(14(18)19)8-10-3-5-11(16)6-4-10/h3-6,9,12,16H,7-8H2,1-2H3,(H,15,17)(H,18,19). The van der Waals surface area contributed by atoms with Crippen LogP contribution in [0.5, 0.6) is 5.75 Å². The van der Waals surface area contributed by atoms with E-state index in [4.69, 9.17) is 10.2 Å². The minimum Gasteiger partial charge on any atom is -0.508 e. The van der Waals surface area contributed by atoms with Gasteiger partial charge < -0.3 is 15.5 Å². The highest BCUT2D eigenvalue weighted by Crippen LogP contribution is 2.11. The summed E-state index contributed by atoms with van der Waals surface area (Å²) in [6.07, 6.45) is 0.499. The molecular weight excluding hydrogens is 246 g/mol. The first-order valence-corrected chi connectivity index (χ1v) is 6.18. The van der Waals surface area contributed by atoms with Gasteiger partial charge in [-0.15, -0.1) is 0 Å². The van der Waals surface area contributed by atoms with Crippen molar-refractivity contribution in [2.24, 2.45) is 5.92 Å². The van der Waals surface area contributed by atoms with Crippen LogP contribution in [0.25, 0.3) is 0 Å². The number of carbonyl (C=O) groups is 2. The van der Waals surface area contributed by atoms with E-state index in [1.165, 1.54) is 12.1 Å². The number of carboxylic acid groups (broad SMARTS) is 1. The Hall–Kier alpha value is -2.04. The van der Waals surface area contributed by atoms with Crippen LogP contribution in [-0.2, 0) is 16.0 Å². The Morgan fingerprint density at radius 3 is 2.26 bits per heavy atom. The van der Waals surface area contributed by atoms with Crippen LogP contribution in [0.2, 0.25) is 0 Å². The Kier molecular flexibility index (Phi) is 5.36. The van der Waals surface area contributed by atoms with Gasteiger partial charge in [-0.25, -0.2) is 4.79 Å². The number of rotatable bonds is 6. The van der Waals surface area contributed by atoms with E-state index >= 15 is 0 Å². The van der Waals surface area contributed by atoms with E-state index < -0.39 is 12.0 Å². The Balaban J connectivity index is 2.65. The Morgan fingerprint density at radius 2 is 1.79 bits per heavy atom. The molecule has 1 amide bonds. The number of carboxylic acids is 1. The SMILES string of the molecule is CC(C)CC(=O)NC(Cc1ccc(O)cc1)C(=O)O. The molecule has 0 spiro atoms. The Morgan fingerprint density at radius 1 is 1.21 bits per heavy atom. The number of aliphatic carboxylic acids is 1. The van der Waals surface area contributed by atoms with Crippen LogP contribution >= 0.6 is 0 Å². The van der Waals surface area contributed by atoms with E-state index in [-0.39, 0.29) is 24.0 Å². The molecule has 0 aliphatic heterocycles. The third kappa shape index (κ3) is 5.42. The van der Waals surface area contributed by atoms with Gasteiger partial charge in [-0.3, -0.25) is 4.79 Å². The average molecular weight is 265 g/mol. The normalized spacial score (nSPS) is 12.2. The zero-order valence-electron chi connectivity index (χ0n) is 11.1. The van der Waals surface area contributed by atoms with Crippen LogP contribution in [0, 0.1) is 5.92 Å². The first-order valence-electron chi connectivity index (χ1n) is 6.18. The number of amides is 1. The lowest BCUT2D eigenvalue weighted by molar-refractivity contribution is -0.141. The van der Waals surface area contributed by atoms with Gasteiger partial charge >= 0.3 is 5.97 Å². The summed E-state index contributed by atoms with van der Waals surface area (Å²) >= 11 is 0. The molecule has 0 aliphatic rings. The zero-order chi connectivity index (χ0) is 14.4. The summed E-state index contributed by atoms with van der Waals surface area (Å²) in [6.45, 7) is 3.80. The van der Waals surface area contributed by atoms with Gasteiger partial charge in [0.2, 0.25) is 5.91 Å². The van der Waals surface area contributed by atoms with E-state index in [1.807, 2.05) is 13.8 Å². The van der Waals surface area contributed by atoms with Gasteiger partial charge in [0.15, 0.2) is 0 Å². The van der Waals surface area contributed by atoms with Gasteiger partial charge in [-0.2, -0.15) is 0 Å². The number of nitrogens with one attached hydrogen (secondary N) is 1. The quantitative estimate of drug-likeness (QED) is 0.728. The largest absolute Gasteiger partial charge is 0.508 e. The fourth-order valence-corrected chi connectivity index (χ4v) is 1.69. The lowest BCUT2D eigenvalue weighted by atomic mass is 10.0. The molecule has 0 bridgehead atoms. The van der Waals surface area contributed by atoms with Crippen LogP contribution in [0.4, 0.5) is 0 Å². The molecule has 0 fully saturated rings. The lowest BCUT2D eigenvalue weighted by Crippen LogP contribution is -2.42. The van der Waals surface area contributed by atoms with E-state index in [9.17, 15) is 9.59 Å². The van der Waals surface area contributed by atoms with Crippen molar-refractivity contribution in [2.45, 2.75) is 32.7 Å². The summed E-state index contributed by atoms with van der Waals surface area (Å²) < 4.78 is 0. The highest BCUT2D eigenvalue weighted by Gasteiger charge is 2.20. The molecule has 1 unspecified atom stereocenters. The molecular formula is C14H19NO4. The number of hydrogen-bond donors (Lipinski definition) is 3. The average Bonchev–Trinajstić information content (AvgIpc) is 2.29. The smallest absolute Gasteiger partial charge is 0.326 e. The maximum atomic E-state index is 11.6. The Bertz CT molecular complexity index is 439. The van der Waals surface area contributed by atoms with Crippen molar-refractivity contribution in [1.29, 1.82) is 0 Å². The molecule has 0 saturated heterocycles. The summed E-state index contributed by atoms with van der Waals surface area (Å²) in [5.41, 5.74) is 0.745. The van der Waals surface area contributed by atoms with Crippen molar-refractivity contribution in [3.63, 3.8) is 0 Å². The molecule has 1 aromatic carbocycles. The van der Waals surface area contributed by atoms with Crippen molar-refractivity contribution in [2.75, 3.05) is 0 Å². The third-order valence-corrected chi connectivity index (χ3v) is 2.60. The van der Waals surface area contributed by atoms with Crippen molar-refractivity contribution < 1.29 is 19.8 Å². The number of phenols is 1. The summed E-state index contributed by atoms with van der Waals surface area (Å²) in [4.78, 5) is 22.7. The number of benzene rings is 1. The highest BCUT2D eigenvalue weighted by molar-refractivity contribution is 5.83. The molecule has 104 valence electrons. The molecule has 0 radical (unpaired) electrons. The predicted octanol–water partition coefficient (Wildman–Crippen LogP) is 1.55. The minimum absolute atomic E-state index is 0.125. The van der Waals surface area contributed by atoms with Crippen LogP contribution < -0.4 is 5.32 Å². The maximum Gasteiger partial charge on any atom is 0.326 e. The van der Waals surface area contributed by atoms with Crippen molar-refractivity contribution in [3.05, 3.63) is 29.8 Å². The fraction of sp³-hybridized carbons (Fsp3) is 0.429. The van der Waals surface area contributed by atoms with Gasteiger partial charge in [0.1, 0.15) is 11.8 Å². The molecule has 19 heavy (non-hydrogen) atoms. The van der Waals surface area contributed by atoms with E-state index in [0.29, 0.717) is 6.42 Å². The molecule has 0 aliphatic carbocycles. The summed E-state index contributed by atoms with van der Waals surface area (Å²) in [6, 6.07) is 5.31. The second-order valence-corrected chi connectivity index (χ2v) is 4.93. The number of aromatic hydroxyl groups is 1. The van der Waals surface area contributed by atoms with Crippen LogP contribution in [0.3, 0.4) is 0 Å². The fourth-order valence-electron chi connectivity index (χ4n) is 1.69. The van der Waals surface area contributed by atoms with Gasteiger partial charge in [0, 0.05) is 12.8 Å². The van der Waals surface area contributed by atoms with Crippen molar-refractivity contribution >= 4 is 11.9 Å². The molecule has 3 N–H and O–H groups in total. The molecule has 5 heteroatoms. The van der Waals surface area contributed by atoms with Gasteiger partial charge in [0.25, 0.3) is 0 Å². The minimum atomic E-state index is -1.06. The van der Waals surface area contributed by atoms with Crippen molar-refractivity contribution in [1.82, 2.24) is 5.32 Å². The summed E-state index contributed by atoms with van der Waals surface area (Å²) in [5.74, 6) is -1.02. The number of carbonyl (C=O) groups excluding carboxylic acids is 1. The first-order chi connectivity index (χ1) is 8.88. The van der Waals surface area contributed by atoms with Crippen LogP contribution in [0.15, 0.2) is 24.3 Å². The molecule has 1 rings (SSSR count). The summed E-state index contributed by atoms with van der Waals surface area (Å²) in [7, 11) is 0. The molecule has 0 heterocycles. The van der Waals surface area contributed by atoms with Gasteiger partial charge in [-0.1, -0.05) is 26.0 Å². The number of hydrogen-bond acceptors (Lipinski definition) is 3. The van der Waals surface area contributed by atoms with Gasteiger partial charge in [0.05, 0.1) is 0 Å². The van der Waals surface area contributed by atoms with E-state index in [2.05, 4.69) is 5.32 Å². The second kappa shape index (κ2) is 6.78. The highest BCUT2D eigenvalue weighted by atomic mass is 16.4. The maximum absolute atomic E-state index is 11.6. The second-order valence-electron chi connectivity index (χ2n) is 4.93. The zero-order valence-corrected chi connectivity index (χ0v) is 11.1. The monoisotopic (exact) mass is 265 g/mol. The molecule has 5 nitrogen and oxygen atoms in total. The van der Waals surface area contributed by atoms with E-state index in [1.54, 1.807) is 12.1 Å². The van der Waals surface area contributed by atoms with Crippen LogP contribution in [-0.4, -0.2) is 28.1 Å². The topological polar surface area (TPSA) is 86.6 Å². The third-order valence-electron chi connectivity index (χ3n) is 2.60. The van der Waals surface area contributed by atoms with Gasteiger partial charge in [-0.05, 0) is 23.6 Å². The lowest BCUT2D eigenvalue weighted by Gasteiger charge is -2.15. The van der Waals surface area contributed by atoms with Crippen LogP contribution in [0.1, 0.15) is 25.8 Å². The molecule has 1 atom stereocenters.